The molecular formula is C12H8F6O4. The highest BCUT2D eigenvalue weighted by atomic mass is 19.3. The Balaban J connectivity index is 0. The first kappa shape index (κ1) is 21.5. The zero-order chi connectivity index (χ0) is 17.7. The summed E-state index contributed by atoms with van der Waals surface area (Å²) in [6, 6.07) is 5.48. The molecule has 0 aromatic heterocycles. The molecule has 0 aliphatic carbocycles. The number of carbonyl (C=O) groups is 2. The second-order valence-electron chi connectivity index (χ2n) is 2.95. The van der Waals surface area contributed by atoms with Crippen molar-refractivity contribution in [2.24, 2.45) is 0 Å². The number of halogens is 6. The van der Waals surface area contributed by atoms with Crippen LogP contribution in [0, 0.1) is 0 Å². The Morgan fingerprint density at radius 2 is 1.00 bits per heavy atom. The average Bonchev–Trinajstić information content (AvgIpc) is 2.48. The van der Waals surface area contributed by atoms with Gasteiger partial charge in [0.2, 0.25) is 0 Å². The minimum absolute atomic E-state index is 0.190. The molecule has 22 heavy (non-hydrogen) atoms. The minimum atomic E-state index is -2.29. The van der Waals surface area contributed by atoms with Crippen molar-refractivity contribution < 1.29 is 46.1 Å². The van der Waals surface area contributed by atoms with Crippen LogP contribution in [0.2, 0.25) is 0 Å². The molecule has 0 aliphatic heterocycles. The van der Waals surface area contributed by atoms with Crippen LogP contribution in [0.3, 0.4) is 0 Å². The van der Waals surface area contributed by atoms with E-state index >= 15 is 0 Å². The normalized spacial score (nSPS) is 8.27. The van der Waals surface area contributed by atoms with Crippen LogP contribution in [-0.4, -0.2) is 22.2 Å². The number of benzene rings is 1. The van der Waals surface area contributed by atoms with Crippen molar-refractivity contribution in [3.63, 3.8) is 0 Å². The molecule has 0 aliphatic rings. The number of carboxylic acids is 2. The number of hydrogen-bond acceptors (Lipinski definition) is 2. The van der Waals surface area contributed by atoms with Crippen molar-refractivity contribution in [3.8, 4) is 0 Å². The van der Waals surface area contributed by atoms with Gasteiger partial charge in [-0.1, -0.05) is 12.1 Å². The Bertz CT molecular complexity index is 499. The van der Waals surface area contributed by atoms with E-state index in [2.05, 4.69) is 0 Å². The van der Waals surface area contributed by atoms with E-state index in [1.54, 1.807) is 0 Å². The number of carboxylic acid groups (broad SMARTS) is 2. The van der Waals surface area contributed by atoms with Crippen molar-refractivity contribution >= 4 is 11.9 Å². The summed E-state index contributed by atoms with van der Waals surface area (Å²) in [5, 5.41) is 17.1. The summed E-state index contributed by atoms with van der Waals surface area (Å²) < 4.78 is 61.4. The van der Waals surface area contributed by atoms with Gasteiger partial charge in [0.25, 0.3) is 12.2 Å². The Labute approximate surface area is 119 Å². The molecule has 0 saturated carbocycles. The van der Waals surface area contributed by atoms with Crippen molar-refractivity contribution in [2.75, 3.05) is 0 Å². The van der Waals surface area contributed by atoms with E-state index in [1.165, 1.54) is 24.3 Å². The molecule has 1 rings (SSSR count). The fourth-order valence-corrected chi connectivity index (χ4v) is 0.856. The molecule has 122 valence electrons. The maximum Gasteiger partial charge on any atom is 0.336 e. The van der Waals surface area contributed by atoms with Crippen LogP contribution in [0.25, 0.3) is 0 Å². The third-order valence-electron chi connectivity index (χ3n) is 1.55. The second-order valence-corrected chi connectivity index (χ2v) is 2.95. The fraction of sp³-hybridized carbons (Fsp3) is 0. The Morgan fingerprint density at radius 3 is 1.14 bits per heavy atom. The van der Waals surface area contributed by atoms with E-state index in [-0.39, 0.29) is 11.1 Å². The van der Waals surface area contributed by atoms with Crippen LogP contribution in [0.1, 0.15) is 20.7 Å². The number of aromatic carboxylic acids is 2. The summed E-state index contributed by atoms with van der Waals surface area (Å²) in [6.45, 7) is 0. The molecule has 0 atom stereocenters. The molecule has 0 heterocycles. The predicted molar refractivity (Wildman–Crippen MR) is 63.2 cm³/mol. The summed E-state index contributed by atoms with van der Waals surface area (Å²) >= 11 is 0. The highest BCUT2D eigenvalue weighted by Crippen LogP contribution is 2.07. The van der Waals surface area contributed by atoms with Crippen molar-refractivity contribution in [1.82, 2.24) is 0 Å². The van der Waals surface area contributed by atoms with Crippen molar-refractivity contribution in [2.45, 2.75) is 0 Å². The zero-order valence-electron chi connectivity index (χ0n) is 10.4. The Hall–Kier alpha value is -2.78. The fourth-order valence-electron chi connectivity index (χ4n) is 0.856. The van der Waals surface area contributed by atoms with Crippen LogP contribution >= 0.6 is 0 Å². The molecule has 0 saturated heterocycles. The van der Waals surface area contributed by atoms with Gasteiger partial charge in [-0.3, -0.25) is 0 Å². The largest absolute Gasteiger partial charge is 0.478 e. The molecular weight excluding hydrogens is 322 g/mol. The Morgan fingerprint density at radius 1 is 0.773 bits per heavy atom. The van der Waals surface area contributed by atoms with E-state index in [0.29, 0.717) is 0 Å². The van der Waals surface area contributed by atoms with Crippen LogP contribution < -0.4 is 0 Å². The van der Waals surface area contributed by atoms with Crippen LogP contribution in [-0.2, 0) is 0 Å². The summed E-state index contributed by atoms with van der Waals surface area (Å²) in [5.74, 6) is -2.46. The van der Waals surface area contributed by atoms with Crippen LogP contribution in [0.15, 0.2) is 49.1 Å². The topological polar surface area (TPSA) is 74.6 Å². The number of rotatable bonds is 2. The van der Waals surface area contributed by atoms with Crippen LogP contribution in [0.4, 0.5) is 26.3 Å². The average molecular weight is 330 g/mol. The van der Waals surface area contributed by atoms with Crippen molar-refractivity contribution in [1.29, 1.82) is 0 Å². The third kappa shape index (κ3) is 11.1. The molecule has 0 bridgehead atoms. The number of hydrogen-bond donors (Lipinski definition) is 2. The predicted octanol–water partition coefficient (Wildman–Crippen LogP) is 4.47. The van der Waals surface area contributed by atoms with E-state index in [9.17, 15) is 35.9 Å². The van der Waals surface area contributed by atoms with Crippen LogP contribution in [0.5, 0.6) is 0 Å². The lowest BCUT2D eigenvalue weighted by molar-refractivity contribution is 0.0651. The van der Waals surface area contributed by atoms with E-state index in [0.717, 1.165) is 0 Å². The molecule has 10 heteroatoms. The highest BCUT2D eigenvalue weighted by Gasteiger charge is 2.13. The lowest BCUT2D eigenvalue weighted by atomic mass is 10.1. The highest BCUT2D eigenvalue weighted by molar-refractivity contribution is 6.01. The quantitative estimate of drug-likeness (QED) is 0.785. The van der Waals surface area contributed by atoms with Gasteiger partial charge in [0.05, 0.1) is 11.1 Å². The summed E-state index contributed by atoms with van der Waals surface area (Å²) in [5.41, 5.74) is -0.380. The first-order valence-corrected chi connectivity index (χ1v) is 4.95. The lowest BCUT2D eigenvalue weighted by Crippen LogP contribution is -2.06. The SMILES string of the molecule is FC=C(F)F.FC=C(F)F.O=C(O)c1ccccc1C(=O)O. The first-order valence-electron chi connectivity index (χ1n) is 4.95. The maximum atomic E-state index is 10.5. The summed E-state index contributed by atoms with van der Waals surface area (Å²) in [4.78, 5) is 20.9. The standard InChI is InChI=1S/C8H6O4.2C2HF3/c9-7(10)5-3-1-2-4-6(5)8(11)12;2*3-1-2(4)5/h1-4H,(H,9,10)(H,11,12);2*1H. The molecule has 0 unspecified atom stereocenters. The van der Waals surface area contributed by atoms with E-state index in [1.807, 2.05) is 0 Å². The van der Waals surface area contributed by atoms with Gasteiger partial charge in [-0.2, -0.15) is 17.6 Å². The molecule has 0 amide bonds. The molecule has 1 aromatic carbocycles. The molecule has 1 aromatic rings. The first-order chi connectivity index (χ1) is 10.2. The maximum absolute atomic E-state index is 10.5. The van der Waals surface area contributed by atoms with E-state index in [4.69, 9.17) is 10.2 Å². The van der Waals surface area contributed by atoms with Gasteiger partial charge < -0.3 is 10.2 Å². The minimum Gasteiger partial charge on any atom is -0.478 e. The van der Waals surface area contributed by atoms with Gasteiger partial charge in [0, 0.05) is 0 Å². The molecule has 4 nitrogen and oxygen atoms in total. The second kappa shape index (κ2) is 12.0. The van der Waals surface area contributed by atoms with Gasteiger partial charge in [-0.05, 0) is 12.1 Å². The van der Waals surface area contributed by atoms with Gasteiger partial charge in [0.15, 0.2) is 12.7 Å². The Kier molecular flexibility index (Phi) is 11.7. The van der Waals surface area contributed by atoms with Gasteiger partial charge in [-0.25, -0.2) is 18.4 Å². The summed E-state index contributed by atoms with van der Waals surface area (Å²) in [6.07, 6.45) is -6.07. The molecule has 0 fully saturated rings. The van der Waals surface area contributed by atoms with E-state index < -0.39 is 36.8 Å². The summed E-state index contributed by atoms with van der Waals surface area (Å²) in [7, 11) is 0. The third-order valence-corrected chi connectivity index (χ3v) is 1.55. The van der Waals surface area contributed by atoms with Gasteiger partial charge >= 0.3 is 11.9 Å². The van der Waals surface area contributed by atoms with Gasteiger partial charge in [-0.15, -0.1) is 0 Å². The monoisotopic (exact) mass is 330 g/mol. The smallest absolute Gasteiger partial charge is 0.336 e. The molecule has 0 spiro atoms. The molecule has 0 radical (unpaired) electrons. The van der Waals surface area contributed by atoms with Gasteiger partial charge in [0.1, 0.15) is 0 Å². The zero-order valence-corrected chi connectivity index (χ0v) is 10.4. The van der Waals surface area contributed by atoms with Crippen molar-refractivity contribution in [3.05, 3.63) is 60.2 Å². The molecule has 2 N–H and O–H groups in total. The lowest BCUT2D eigenvalue weighted by Gasteiger charge is -1.98.